The fourth-order valence-electron chi connectivity index (χ4n) is 1.76. The molecule has 0 aliphatic heterocycles. The summed E-state index contributed by atoms with van der Waals surface area (Å²) in [5.41, 5.74) is -3.95. The summed E-state index contributed by atoms with van der Waals surface area (Å²) < 4.78 is 0. The van der Waals surface area contributed by atoms with E-state index in [1.54, 1.807) is 0 Å². The standard InChI is InChI=1S/C9H8N2O6/c1-5(12)9(6(2)13)4-3-7(10(14)15)8(9)11(16)17/h3-4H,1-2H3. The maximum Gasteiger partial charge on any atom is 0.347 e. The lowest BCUT2D eigenvalue weighted by atomic mass is 9.79. The SMILES string of the molecule is CC(=O)C1(C(C)=O)C=CC([N+](=O)[O-])=C1[N+](=O)[O-]. The van der Waals surface area contributed by atoms with Gasteiger partial charge in [-0.05, 0) is 19.9 Å². The second-order valence-electron chi connectivity index (χ2n) is 3.50. The molecule has 0 unspecified atom stereocenters. The van der Waals surface area contributed by atoms with Crippen molar-refractivity contribution in [2.24, 2.45) is 5.41 Å². The van der Waals surface area contributed by atoms with Crippen LogP contribution in [-0.4, -0.2) is 21.4 Å². The highest BCUT2D eigenvalue weighted by Gasteiger charge is 2.57. The largest absolute Gasteiger partial charge is 0.347 e. The Balaban J connectivity index is 3.62. The summed E-state index contributed by atoms with van der Waals surface area (Å²) in [6.45, 7) is 1.97. The van der Waals surface area contributed by atoms with Crippen molar-refractivity contribution in [3.63, 3.8) is 0 Å². The molecule has 0 saturated carbocycles. The van der Waals surface area contributed by atoms with Crippen molar-refractivity contribution in [1.82, 2.24) is 0 Å². The minimum absolute atomic E-state index is 0.815. The van der Waals surface area contributed by atoms with E-state index in [2.05, 4.69) is 0 Å². The minimum atomic E-state index is -2.13. The van der Waals surface area contributed by atoms with Gasteiger partial charge in [0.25, 0.3) is 0 Å². The molecule has 0 aromatic heterocycles. The Kier molecular flexibility index (Phi) is 2.90. The predicted octanol–water partition coefficient (Wildman–Crippen LogP) is 0.486. The third kappa shape index (κ3) is 1.63. The van der Waals surface area contributed by atoms with E-state index < -0.39 is 38.2 Å². The molecule has 8 nitrogen and oxygen atoms in total. The van der Waals surface area contributed by atoms with Gasteiger partial charge in [-0.3, -0.25) is 29.8 Å². The first-order valence-electron chi connectivity index (χ1n) is 4.50. The van der Waals surface area contributed by atoms with Crippen LogP contribution in [0.1, 0.15) is 13.8 Å². The van der Waals surface area contributed by atoms with Gasteiger partial charge in [0.05, 0.1) is 9.85 Å². The highest BCUT2D eigenvalue weighted by Crippen LogP contribution is 2.39. The molecule has 1 aliphatic rings. The van der Waals surface area contributed by atoms with Gasteiger partial charge < -0.3 is 0 Å². The Bertz CT molecular complexity index is 488. The number of hydrogen-bond donors (Lipinski definition) is 0. The number of allylic oxidation sites excluding steroid dienone is 2. The van der Waals surface area contributed by atoms with Gasteiger partial charge in [-0.2, -0.15) is 0 Å². The maximum absolute atomic E-state index is 11.5. The lowest BCUT2D eigenvalue weighted by Crippen LogP contribution is -2.38. The molecular weight excluding hydrogens is 232 g/mol. The smallest absolute Gasteiger partial charge is 0.298 e. The summed E-state index contributed by atoms with van der Waals surface area (Å²) in [7, 11) is 0. The van der Waals surface area contributed by atoms with Crippen LogP contribution in [-0.2, 0) is 9.59 Å². The molecule has 8 heteroatoms. The fourth-order valence-corrected chi connectivity index (χ4v) is 1.76. The first-order valence-corrected chi connectivity index (χ1v) is 4.50. The lowest BCUT2D eigenvalue weighted by Gasteiger charge is -2.17. The third-order valence-corrected chi connectivity index (χ3v) is 2.60. The zero-order valence-corrected chi connectivity index (χ0v) is 9.00. The predicted molar refractivity (Wildman–Crippen MR) is 53.9 cm³/mol. The number of carbonyl (C=O) groups excluding carboxylic acids is 2. The van der Waals surface area contributed by atoms with Gasteiger partial charge in [-0.1, -0.05) is 0 Å². The van der Waals surface area contributed by atoms with Crippen LogP contribution < -0.4 is 0 Å². The van der Waals surface area contributed by atoms with Crippen LogP contribution in [0.25, 0.3) is 0 Å². The molecule has 0 amide bonds. The molecule has 1 rings (SSSR count). The van der Waals surface area contributed by atoms with Crippen molar-refractivity contribution in [3.05, 3.63) is 43.8 Å². The molecule has 17 heavy (non-hydrogen) atoms. The van der Waals surface area contributed by atoms with Gasteiger partial charge in [-0.15, -0.1) is 0 Å². The molecule has 0 bridgehead atoms. The molecule has 0 atom stereocenters. The van der Waals surface area contributed by atoms with E-state index in [4.69, 9.17) is 0 Å². The molecule has 1 aliphatic carbocycles. The lowest BCUT2D eigenvalue weighted by molar-refractivity contribution is -0.471. The number of rotatable bonds is 4. The van der Waals surface area contributed by atoms with E-state index in [1.165, 1.54) is 0 Å². The van der Waals surface area contributed by atoms with Crippen molar-refractivity contribution in [3.8, 4) is 0 Å². The topological polar surface area (TPSA) is 120 Å². The van der Waals surface area contributed by atoms with Crippen molar-refractivity contribution in [1.29, 1.82) is 0 Å². The van der Waals surface area contributed by atoms with Crippen LogP contribution in [0.4, 0.5) is 0 Å². The summed E-state index contributed by atoms with van der Waals surface area (Å²) in [5.74, 6) is -1.63. The van der Waals surface area contributed by atoms with E-state index in [-0.39, 0.29) is 0 Å². The van der Waals surface area contributed by atoms with E-state index in [0.29, 0.717) is 0 Å². The van der Waals surface area contributed by atoms with Crippen molar-refractivity contribution >= 4 is 11.6 Å². The molecule has 0 N–H and O–H groups in total. The number of carbonyl (C=O) groups is 2. The number of ketones is 2. The number of Topliss-reactive ketones (excluding diaryl/α,β-unsaturated/α-hetero) is 2. The van der Waals surface area contributed by atoms with Crippen LogP contribution in [0, 0.1) is 25.6 Å². The first-order chi connectivity index (χ1) is 7.75. The Morgan fingerprint density at radius 3 is 1.88 bits per heavy atom. The summed E-state index contributed by atoms with van der Waals surface area (Å²) in [6, 6.07) is 0. The molecule has 0 aromatic carbocycles. The summed E-state index contributed by atoms with van der Waals surface area (Å²) in [5, 5.41) is 21.5. The summed E-state index contributed by atoms with van der Waals surface area (Å²) in [6.07, 6.45) is 1.73. The zero-order chi connectivity index (χ0) is 13.4. The summed E-state index contributed by atoms with van der Waals surface area (Å²) in [4.78, 5) is 42.3. The second-order valence-corrected chi connectivity index (χ2v) is 3.50. The molecule has 0 aromatic rings. The van der Waals surface area contributed by atoms with Crippen LogP contribution in [0.15, 0.2) is 23.5 Å². The molecule has 0 spiro atoms. The minimum Gasteiger partial charge on any atom is -0.298 e. The zero-order valence-electron chi connectivity index (χ0n) is 9.00. The Morgan fingerprint density at radius 2 is 1.59 bits per heavy atom. The molecular formula is C9H8N2O6. The average Bonchev–Trinajstić information content (AvgIpc) is 2.57. The van der Waals surface area contributed by atoms with Gasteiger partial charge in [0.2, 0.25) is 5.41 Å². The van der Waals surface area contributed by atoms with E-state index in [1.807, 2.05) is 0 Å². The summed E-state index contributed by atoms with van der Waals surface area (Å²) >= 11 is 0. The highest BCUT2D eigenvalue weighted by atomic mass is 16.6. The Morgan fingerprint density at radius 1 is 1.12 bits per heavy atom. The van der Waals surface area contributed by atoms with Crippen LogP contribution in [0.5, 0.6) is 0 Å². The molecule has 0 fully saturated rings. The van der Waals surface area contributed by atoms with Gasteiger partial charge in [0.1, 0.15) is 0 Å². The van der Waals surface area contributed by atoms with Gasteiger partial charge in [-0.25, -0.2) is 0 Å². The van der Waals surface area contributed by atoms with Gasteiger partial charge >= 0.3 is 11.4 Å². The third-order valence-electron chi connectivity index (χ3n) is 2.60. The first kappa shape index (κ1) is 12.7. The molecule has 90 valence electrons. The monoisotopic (exact) mass is 240 g/mol. The van der Waals surface area contributed by atoms with Crippen LogP contribution in [0.3, 0.4) is 0 Å². The van der Waals surface area contributed by atoms with Crippen LogP contribution >= 0.6 is 0 Å². The van der Waals surface area contributed by atoms with Crippen LogP contribution in [0.2, 0.25) is 0 Å². The van der Waals surface area contributed by atoms with E-state index in [9.17, 15) is 29.8 Å². The number of nitrogens with zero attached hydrogens (tertiary/aromatic N) is 2. The second kappa shape index (κ2) is 3.89. The van der Waals surface area contributed by atoms with Gasteiger partial charge in [0, 0.05) is 6.08 Å². The Labute approximate surface area is 94.9 Å². The normalized spacial score (nSPS) is 17.1. The average molecular weight is 240 g/mol. The van der Waals surface area contributed by atoms with Gasteiger partial charge in [0.15, 0.2) is 11.6 Å². The molecule has 0 saturated heterocycles. The number of hydrogen-bond acceptors (Lipinski definition) is 6. The Hall–Kier alpha value is -2.38. The molecule has 0 heterocycles. The quantitative estimate of drug-likeness (QED) is 0.400. The highest BCUT2D eigenvalue weighted by molar-refractivity contribution is 6.10. The fraction of sp³-hybridized carbons (Fsp3) is 0.333. The van der Waals surface area contributed by atoms with E-state index in [0.717, 1.165) is 26.0 Å². The maximum atomic E-state index is 11.5. The van der Waals surface area contributed by atoms with Crippen molar-refractivity contribution in [2.45, 2.75) is 13.8 Å². The number of nitro groups is 2. The van der Waals surface area contributed by atoms with Crippen molar-refractivity contribution in [2.75, 3.05) is 0 Å². The van der Waals surface area contributed by atoms with E-state index >= 15 is 0 Å². The van der Waals surface area contributed by atoms with Crippen molar-refractivity contribution < 1.29 is 19.4 Å². The molecule has 0 radical (unpaired) electrons.